The molecule has 1 amide bonds. The van der Waals surface area contributed by atoms with Crippen LogP contribution in [0.3, 0.4) is 0 Å². The number of carbonyl (C=O) groups is 1. The molecule has 162 valence electrons. The van der Waals surface area contributed by atoms with Gasteiger partial charge in [-0.3, -0.25) is 4.79 Å². The van der Waals surface area contributed by atoms with E-state index >= 15 is 0 Å². The van der Waals surface area contributed by atoms with E-state index in [1.807, 2.05) is 35.9 Å². The standard InChI is InChI=1S/C25H29N3O3/c1-3-30-14-15-31-17-19-6-4-7-20(16-19)26-25(29)24-22-8-5-9-23(22)28(27-24)21-12-10-18(2)11-13-21/h4,6-7,10-13,16H,3,5,8-9,14-15,17H2,1-2H3,(H,26,29). The molecule has 2 aromatic carbocycles. The SMILES string of the molecule is CCOCCOCc1cccc(NC(=O)c2nn(-c3ccc(C)cc3)c3c2CCC3)c1. The molecule has 1 aliphatic carbocycles. The second-order valence-electron chi connectivity index (χ2n) is 7.78. The highest BCUT2D eigenvalue weighted by molar-refractivity contribution is 6.04. The smallest absolute Gasteiger partial charge is 0.276 e. The number of nitrogens with zero attached hydrogens (tertiary/aromatic N) is 2. The quantitative estimate of drug-likeness (QED) is 0.520. The number of aryl methyl sites for hydroxylation is 1. The zero-order chi connectivity index (χ0) is 21.6. The van der Waals surface area contributed by atoms with E-state index in [0.29, 0.717) is 32.1 Å². The van der Waals surface area contributed by atoms with E-state index in [0.717, 1.165) is 47.5 Å². The van der Waals surface area contributed by atoms with Crippen molar-refractivity contribution in [2.24, 2.45) is 0 Å². The van der Waals surface area contributed by atoms with Gasteiger partial charge in [-0.2, -0.15) is 5.10 Å². The fraction of sp³-hybridized carbons (Fsp3) is 0.360. The Bertz CT molecular complexity index is 1040. The summed E-state index contributed by atoms with van der Waals surface area (Å²) in [5.41, 5.74) is 6.67. The predicted molar refractivity (Wildman–Crippen MR) is 121 cm³/mol. The van der Waals surface area contributed by atoms with Crippen LogP contribution in [0.25, 0.3) is 5.69 Å². The molecular formula is C25H29N3O3. The monoisotopic (exact) mass is 419 g/mol. The molecule has 0 saturated heterocycles. The third kappa shape index (κ3) is 5.03. The number of hydrogen-bond acceptors (Lipinski definition) is 4. The molecule has 3 aromatic rings. The van der Waals surface area contributed by atoms with Crippen molar-refractivity contribution in [2.45, 2.75) is 39.7 Å². The second-order valence-corrected chi connectivity index (χ2v) is 7.78. The van der Waals surface area contributed by atoms with Crippen LogP contribution in [0.2, 0.25) is 0 Å². The van der Waals surface area contributed by atoms with Crippen molar-refractivity contribution in [2.75, 3.05) is 25.1 Å². The molecule has 1 N–H and O–H groups in total. The number of nitrogens with one attached hydrogen (secondary N) is 1. The molecule has 0 spiro atoms. The number of carbonyl (C=O) groups excluding carboxylic acids is 1. The number of amides is 1. The summed E-state index contributed by atoms with van der Waals surface area (Å²) in [6, 6.07) is 16.0. The van der Waals surface area contributed by atoms with Crippen LogP contribution in [0.4, 0.5) is 5.69 Å². The van der Waals surface area contributed by atoms with Crippen LogP contribution >= 0.6 is 0 Å². The molecule has 31 heavy (non-hydrogen) atoms. The molecule has 0 saturated carbocycles. The van der Waals surface area contributed by atoms with Crippen LogP contribution in [0.5, 0.6) is 0 Å². The summed E-state index contributed by atoms with van der Waals surface area (Å²) in [5.74, 6) is -0.168. The fourth-order valence-corrected chi connectivity index (χ4v) is 3.90. The van der Waals surface area contributed by atoms with Gasteiger partial charge in [0, 0.05) is 23.6 Å². The Hall–Kier alpha value is -2.96. The van der Waals surface area contributed by atoms with Gasteiger partial charge in [0.25, 0.3) is 5.91 Å². The Labute approximate surface area is 183 Å². The lowest BCUT2D eigenvalue weighted by Gasteiger charge is -2.08. The highest BCUT2D eigenvalue weighted by Gasteiger charge is 2.27. The van der Waals surface area contributed by atoms with Gasteiger partial charge < -0.3 is 14.8 Å². The van der Waals surface area contributed by atoms with E-state index in [4.69, 9.17) is 14.6 Å². The Kier molecular flexibility index (Phi) is 6.79. The van der Waals surface area contributed by atoms with Gasteiger partial charge in [-0.25, -0.2) is 4.68 Å². The Morgan fingerprint density at radius 3 is 2.71 bits per heavy atom. The van der Waals surface area contributed by atoms with Crippen LogP contribution in [0.1, 0.15) is 46.2 Å². The first-order chi connectivity index (χ1) is 15.2. The van der Waals surface area contributed by atoms with Gasteiger partial charge in [-0.15, -0.1) is 0 Å². The second kappa shape index (κ2) is 9.90. The van der Waals surface area contributed by atoms with Crippen LogP contribution < -0.4 is 5.32 Å². The van der Waals surface area contributed by atoms with Crippen molar-refractivity contribution in [3.8, 4) is 5.69 Å². The van der Waals surface area contributed by atoms with Gasteiger partial charge in [-0.1, -0.05) is 29.8 Å². The summed E-state index contributed by atoms with van der Waals surface area (Å²) in [6.45, 7) is 6.33. The molecule has 0 atom stereocenters. The summed E-state index contributed by atoms with van der Waals surface area (Å²) in [6.07, 6.45) is 2.88. The Morgan fingerprint density at radius 1 is 1.10 bits per heavy atom. The minimum Gasteiger partial charge on any atom is -0.379 e. The molecule has 0 unspecified atom stereocenters. The lowest BCUT2D eigenvalue weighted by molar-refractivity contribution is 0.0453. The summed E-state index contributed by atoms with van der Waals surface area (Å²) >= 11 is 0. The van der Waals surface area contributed by atoms with Crippen LogP contribution in [-0.2, 0) is 28.9 Å². The molecule has 1 aromatic heterocycles. The number of ether oxygens (including phenoxy) is 2. The number of anilines is 1. The average Bonchev–Trinajstić information content (AvgIpc) is 3.37. The van der Waals surface area contributed by atoms with Gasteiger partial charge in [0.05, 0.1) is 25.5 Å². The minimum absolute atomic E-state index is 0.168. The van der Waals surface area contributed by atoms with Crippen LogP contribution in [0, 0.1) is 6.92 Å². The molecule has 0 radical (unpaired) electrons. The molecule has 0 bridgehead atoms. The van der Waals surface area contributed by atoms with E-state index in [1.54, 1.807) is 0 Å². The number of fused-ring (bicyclic) bond motifs is 1. The number of hydrogen-bond donors (Lipinski definition) is 1. The van der Waals surface area contributed by atoms with E-state index < -0.39 is 0 Å². The van der Waals surface area contributed by atoms with Gasteiger partial charge in [0.2, 0.25) is 0 Å². The molecule has 6 nitrogen and oxygen atoms in total. The number of rotatable bonds is 9. The van der Waals surface area contributed by atoms with Crippen LogP contribution in [0.15, 0.2) is 48.5 Å². The molecular weight excluding hydrogens is 390 g/mol. The van der Waals surface area contributed by atoms with Crippen molar-refractivity contribution >= 4 is 11.6 Å². The molecule has 4 rings (SSSR count). The van der Waals surface area contributed by atoms with Crippen molar-refractivity contribution in [1.29, 1.82) is 0 Å². The highest BCUT2D eigenvalue weighted by Crippen LogP contribution is 2.28. The maximum Gasteiger partial charge on any atom is 0.276 e. The molecule has 0 aliphatic heterocycles. The normalized spacial score (nSPS) is 12.7. The van der Waals surface area contributed by atoms with Gasteiger partial charge in [-0.05, 0) is 62.9 Å². The zero-order valence-corrected chi connectivity index (χ0v) is 18.2. The van der Waals surface area contributed by atoms with Gasteiger partial charge in [0.1, 0.15) is 0 Å². The summed E-state index contributed by atoms with van der Waals surface area (Å²) < 4.78 is 12.8. The fourth-order valence-electron chi connectivity index (χ4n) is 3.90. The summed E-state index contributed by atoms with van der Waals surface area (Å²) in [7, 11) is 0. The van der Waals surface area contributed by atoms with Crippen molar-refractivity contribution in [3.05, 3.63) is 76.6 Å². The predicted octanol–water partition coefficient (Wildman–Crippen LogP) is 4.47. The third-order valence-electron chi connectivity index (χ3n) is 5.45. The first-order valence-corrected chi connectivity index (χ1v) is 10.9. The summed E-state index contributed by atoms with van der Waals surface area (Å²) in [4.78, 5) is 13.1. The zero-order valence-electron chi connectivity index (χ0n) is 18.2. The van der Waals surface area contributed by atoms with Crippen molar-refractivity contribution in [1.82, 2.24) is 9.78 Å². The van der Waals surface area contributed by atoms with E-state index in [2.05, 4.69) is 36.5 Å². The largest absolute Gasteiger partial charge is 0.379 e. The van der Waals surface area contributed by atoms with Gasteiger partial charge in [0.15, 0.2) is 5.69 Å². The average molecular weight is 420 g/mol. The van der Waals surface area contributed by atoms with E-state index in [-0.39, 0.29) is 5.91 Å². The molecule has 1 aliphatic rings. The number of benzene rings is 2. The van der Waals surface area contributed by atoms with Crippen molar-refractivity contribution < 1.29 is 14.3 Å². The summed E-state index contributed by atoms with van der Waals surface area (Å²) in [5, 5.41) is 7.71. The third-order valence-corrected chi connectivity index (χ3v) is 5.45. The van der Waals surface area contributed by atoms with E-state index in [1.165, 1.54) is 5.56 Å². The minimum atomic E-state index is -0.168. The molecule has 6 heteroatoms. The Balaban J connectivity index is 1.47. The van der Waals surface area contributed by atoms with Crippen LogP contribution in [-0.4, -0.2) is 35.5 Å². The first kappa shape index (κ1) is 21.3. The Morgan fingerprint density at radius 2 is 1.90 bits per heavy atom. The topological polar surface area (TPSA) is 65.4 Å². The molecule has 0 fully saturated rings. The maximum atomic E-state index is 13.1. The lowest BCUT2D eigenvalue weighted by atomic mass is 10.1. The van der Waals surface area contributed by atoms with Crippen molar-refractivity contribution in [3.63, 3.8) is 0 Å². The molecule has 1 heterocycles. The lowest BCUT2D eigenvalue weighted by Crippen LogP contribution is -2.15. The van der Waals surface area contributed by atoms with E-state index in [9.17, 15) is 4.79 Å². The van der Waals surface area contributed by atoms with Gasteiger partial charge >= 0.3 is 0 Å². The maximum absolute atomic E-state index is 13.1. The highest BCUT2D eigenvalue weighted by atomic mass is 16.5. The first-order valence-electron chi connectivity index (χ1n) is 10.9. The number of aromatic nitrogens is 2.